The quantitative estimate of drug-likeness (QED) is 0.608. The summed E-state index contributed by atoms with van der Waals surface area (Å²) in [5.41, 5.74) is 0.796. The Hall–Kier alpha value is -1.42. The summed E-state index contributed by atoms with van der Waals surface area (Å²) in [7, 11) is -5.27. The van der Waals surface area contributed by atoms with Crippen molar-refractivity contribution < 1.29 is 20.1 Å². The van der Waals surface area contributed by atoms with Gasteiger partial charge in [0.2, 0.25) is 0 Å². The molecule has 1 aliphatic carbocycles. The molecule has 0 fully saturated rings. The van der Waals surface area contributed by atoms with Crippen molar-refractivity contribution in [3.63, 3.8) is 0 Å². The van der Waals surface area contributed by atoms with E-state index in [9.17, 15) is 17.4 Å². The molecule has 0 N–H and O–H groups in total. The third-order valence-corrected chi connectivity index (χ3v) is 3.60. The van der Waals surface area contributed by atoms with Gasteiger partial charge >= 0.3 is 0 Å². The van der Waals surface area contributed by atoms with Crippen molar-refractivity contribution >= 4 is 10.3 Å². The first-order chi connectivity index (χ1) is 9.18. The highest BCUT2D eigenvalue weighted by atomic mass is 32.2. The van der Waals surface area contributed by atoms with Gasteiger partial charge in [-0.1, -0.05) is 30.2 Å². The molecular formula is C12H11FNO3S-. The molecule has 1 aliphatic rings. The zero-order chi connectivity index (χ0) is 15.1. The van der Waals surface area contributed by atoms with Gasteiger partial charge in [-0.3, -0.25) is 0 Å². The van der Waals surface area contributed by atoms with Crippen molar-refractivity contribution in [3.8, 4) is 12.3 Å². The average molecular weight is 270 g/mol. The zero-order valence-electron chi connectivity index (χ0n) is 11.2. The summed E-state index contributed by atoms with van der Waals surface area (Å²) in [5.74, 6) is 1.59. The Bertz CT molecular complexity index is 672. The number of nitrogens with zero attached hydrogens (tertiary/aromatic N) is 1. The minimum Gasteiger partial charge on any atom is -0.735 e. The van der Waals surface area contributed by atoms with Crippen LogP contribution in [-0.2, 0) is 16.7 Å². The Labute approximate surface area is 108 Å². The van der Waals surface area contributed by atoms with E-state index in [1.807, 2.05) is 0 Å². The molecular weight excluding hydrogens is 257 g/mol. The maximum atomic E-state index is 14.1. The lowest BCUT2D eigenvalue weighted by Crippen LogP contribution is -2.37. The van der Waals surface area contributed by atoms with E-state index in [2.05, 4.69) is 0 Å². The van der Waals surface area contributed by atoms with Crippen LogP contribution < -0.4 is 0 Å². The predicted octanol–water partition coefficient (Wildman–Crippen LogP) is 1.02. The van der Waals surface area contributed by atoms with E-state index in [1.54, 1.807) is 24.1 Å². The summed E-state index contributed by atoms with van der Waals surface area (Å²) < 4.78 is 63.1. The van der Waals surface area contributed by atoms with Gasteiger partial charge in [0.15, 0.2) is 10.3 Å². The number of benzene rings is 1. The number of hydrogen-bond donors (Lipinski definition) is 0. The summed E-state index contributed by atoms with van der Waals surface area (Å²) in [5, 5.41) is 0. The van der Waals surface area contributed by atoms with Crippen molar-refractivity contribution in [2.75, 3.05) is 6.50 Å². The molecule has 4 nitrogen and oxygen atoms in total. The molecule has 1 aromatic carbocycles. The van der Waals surface area contributed by atoms with E-state index in [-0.39, 0.29) is 16.3 Å². The van der Waals surface area contributed by atoms with E-state index in [4.69, 9.17) is 9.16 Å². The molecule has 0 unspecified atom stereocenters. The SMILES string of the molecule is [2H]C([2H])(C#C)N([C@H]1c2ccccc2C[C@@H]1F)S(=O)(=O)[O-]. The van der Waals surface area contributed by atoms with Gasteiger partial charge in [-0.2, -0.15) is 4.31 Å². The lowest BCUT2D eigenvalue weighted by atomic mass is 10.1. The molecule has 0 heterocycles. The van der Waals surface area contributed by atoms with E-state index in [0.717, 1.165) is 0 Å². The smallest absolute Gasteiger partial charge is 0.163 e. The first-order valence-corrected chi connectivity index (χ1v) is 6.50. The highest BCUT2D eigenvalue weighted by molar-refractivity contribution is 7.83. The Balaban J connectivity index is 2.60. The van der Waals surface area contributed by atoms with Crippen molar-refractivity contribution in [3.05, 3.63) is 35.4 Å². The Morgan fingerprint density at radius 2 is 2.28 bits per heavy atom. The van der Waals surface area contributed by atoms with Crippen LogP contribution in [0.15, 0.2) is 24.3 Å². The molecule has 0 amide bonds. The van der Waals surface area contributed by atoms with Crippen LogP contribution in [0.1, 0.15) is 19.9 Å². The van der Waals surface area contributed by atoms with Crippen molar-refractivity contribution in [2.24, 2.45) is 0 Å². The summed E-state index contributed by atoms with van der Waals surface area (Å²) in [6.45, 7) is -2.90. The van der Waals surface area contributed by atoms with E-state index in [0.29, 0.717) is 5.56 Å². The molecule has 2 atom stereocenters. The van der Waals surface area contributed by atoms with Crippen LogP contribution in [0, 0.1) is 12.3 Å². The summed E-state index contributed by atoms with van der Waals surface area (Å²) in [6, 6.07) is 4.73. The van der Waals surface area contributed by atoms with Gasteiger partial charge in [-0.15, -0.1) is 6.42 Å². The minimum atomic E-state index is -5.27. The first kappa shape index (κ1) is 10.5. The van der Waals surface area contributed by atoms with Gasteiger partial charge in [0.1, 0.15) is 6.17 Å². The molecule has 0 radical (unpaired) electrons. The predicted molar refractivity (Wildman–Crippen MR) is 63.0 cm³/mol. The highest BCUT2D eigenvalue weighted by Gasteiger charge is 2.38. The summed E-state index contributed by atoms with van der Waals surface area (Å²) >= 11 is 0. The summed E-state index contributed by atoms with van der Waals surface area (Å²) in [6.07, 6.45) is 3.13. The Morgan fingerprint density at radius 1 is 1.61 bits per heavy atom. The molecule has 0 bridgehead atoms. The van der Waals surface area contributed by atoms with Crippen LogP contribution in [0.25, 0.3) is 0 Å². The molecule has 18 heavy (non-hydrogen) atoms. The number of terminal acetylenes is 1. The maximum absolute atomic E-state index is 14.1. The number of fused-ring (bicyclic) bond motifs is 1. The van der Waals surface area contributed by atoms with Gasteiger partial charge in [0.05, 0.1) is 15.3 Å². The third-order valence-electron chi connectivity index (χ3n) is 2.80. The van der Waals surface area contributed by atoms with Crippen molar-refractivity contribution in [1.29, 1.82) is 0 Å². The third kappa shape index (κ3) is 2.25. The fraction of sp³-hybridized carbons (Fsp3) is 0.333. The second-order valence-corrected chi connectivity index (χ2v) is 5.12. The monoisotopic (exact) mass is 270 g/mol. The lowest BCUT2D eigenvalue weighted by molar-refractivity contribution is 0.194. The number of hydrogen-bond acceptors (Lipinski definition) is 3. The van der Waals surface area contributed by atoms with Crippen LogP contribution in [0.3, 0.4) is 0 Å². The fourth-order valence-electron chi connectivity index (χ4n) is 2.13. The summed E-state index contributed by atoms with van der Waals surface area (Å²) in [4.78, 5) is 0. The largest absolute Gasteiger partial charge is 0.735 e. The van der Waals surface area contributed by atoms with Crippen LogP contribution >= 0.6 is 0 Å². The number of halogens is 1. The highest BCUT2D eigenvalue weighted by Crippen LogP contribution is 2.38. The van der Waals surface area contributed by atoms with Gasteiger partial charge < -0.3 is 4.55 Å². The van der Waals surface area contributed by atoms with Gasteiger partial charge in [-0.05, 0) is 11.1 Å². The van der Waals surface area contributed by atoms with E-state index >= 15 is 0 Å². The molecule has 6 heteroatoms. The van der Waals surface area contributed by atoms with Crippen LogP contribution in [-0.4, -0.2) is 29.9 Å². The van der Waals surface area contributed by atoms with Gasteiger partial charge in [0, 0.05) is 6.42 Å². The minimum absolute atomic E-state index is 0.0898. The standard InChI is InChI=1S/C12H12FNO3S/c1-2-7-14(18(15,16)17)12-10-6-4-3-5-9(10)8-11(12)13/h1,3-6,11-12H,7-8H2,(H,15,16,17)/p-1/t11-,12-/m0/s1/i7D2. The van der Waals surface area contributed by atoms with Crippen molar-refractivity contribution in [2.45, 2.75) is 18.6 Å². The van der Waals surface area contributed by atoms with Crippen molar-refractivity contribution in [1.82, 2.24) is 4.31 Å². The van der Waals surface area contributed by atoms with Crippen LogP contribution in [0.4, 0.5) is 4.39 Å². The molecule has 0 saturated carbocycles. The van der Waals surface area contributed by atoms with Gasteiger partial charge in [0.25, 0.3) is 0 Å². The van der Waals surface area contributed by atoms with Gasteiger partial charge in [-0.25, -0.2) is 12.8 Å². The fourth-order valence-corrected chi connectivity index (χ4v) is 2.81. The molecule has 0 saturated heterocycles. The Kier molecular flexibility index (Phi) is 2.73. The normalized spacial score (nSPS) is 25.2. The second-order valence-electron chi connectivity index (χ2n) is 3.87. The molecule has 96 valence electrons. The zero-order valence-corrected chi connectivity index (χ0v) is 10.0. The molecule has 0 aliphatic heterocycles. The maximum Gasteiger partial charge on any atom is 0.163 e. The van der Waals surface area contributed by atoms with E-state index < -0.39 is 29.0 Å². The molecule has 0 spiro atoms. The average Bonchev–Trinajstić information content (AvgIpc) is 2.65. The number of rotatable bonds is 3. The Morgan fingerprint density at radius 3 is 2.89 bits per heavy atom. The van der Waals surface area contributed by atoms with Crippen LogP contribution in [0.5, 0.6) is 0 Å². The van der Waals surface area contributed by atoms with Crippen LogP contribution in [0.2, 0.25) is 0 Å². The molecule has 1 aromatic rings. The molecule has 0 aromatic heterocycles. The lowest BCUT2D eigenvalue weighted by Gasteiger charge is -2.30. The second kappa shape index (κ2) is 4.69. The first-order valence-electron chi connectivity index (χ1n) is 6.13. The van der Waals surface area contributed by atoms with E-state index in [1.165, 1.54) is 6.07 Å². The number of alkyl halides is 1. The topological polar surface area (TPSA) is 60.4 Å². The molecule has 2 rings (SSSR count).